The molecule has 0 radical (unpaired) electrons. The molecule has 0 saturated heterocycles. The fraction of sp³-hybridized carbons (Fsp3) is 0.268. The van der Waals surface area contributed by atoms with Gasteiger partial charge in [-0.25, -0.2) is 4.99 Å². The SMILES string of the molecule is Cc1c(C(C)(C)C)ccc(C(C)(C)C)c1N=C1C(=NCC[PH+](c2ccccc2)c2ccccc2)c2cccc3cccc1c23.[Cl][Fe][Cl]. The number of halogens is 2. The first-order valence-corrected chi connectivity index (χ1v) is 20.8. The molecular weight excluding hydrogens is 678 g/mol. The fourth-order valence-electron chi connectivity index (χ4n) is 6.65. The summed E-state index contributed by atoms with van der Waals surface area (Å²) >= 11 is 0.194. The molecule has 0 bridgehead atoms. The van der Waals surface area contributed by atoms with Gasteiger partial charge in [-0.2, -0.15) is 0 Å². The molecule has 0 heterocycles. The van der Waals surface area contributed by atoms with Crippen LogP contribution in [0, 0.1) is 6.92 Å². The van der Waals surface area contributed by atoms with E-state index < -0.39 is 7.92 Å². The van der Waals surface area contributed by atoms with E-state index in [2.05, 4.69) is 158 Å². The van der Waals surface area contributed by atoms with Crippen LogP contribution < -0.4 is 10.6 Å². The van der Waals surface area contributed by atoms with Crippen LogP contribution in [-0.4, -0.2) is 24.1 Å². The second-order valence-electron chi connectivity index (χ2n) is 14.0. The molecule has 1 aliphatic carbocycles. The number of benzene rings is 5. The Hall–Kier alpha value is -2.77. The van der Waals surface area contributed by atoms with Crippen LogP contribution in [0.4, 0.5) is 5.69 Å². The van der Waals surface area contributed by atoms with Crippen molar-refractivity contribution in [1.29, 1.82) is 0 Å². The van der Waals surface area contributed by atoms with Crippen LogP contribution in [-0.2, 0) is 24.0 Å². The van der Waals surface area contributed by atoms with Crippen molar-refractivity contribution >= 4 is 66.6 Å². The van der Waals surface area contributed by atoms with E-state index >= 15 is 0 Å². The third kappa shape index (κ3) is 7.94. The molecule has 5 aromatic rings. The van der Waals surface area contributed by atoms with Gasteiger partial charge in [-0.3, -0.25) is 4.99 Å². The first kappa shape index (κ1) is 35.5. The van der Waals surface area contributed by atoms with Gasteiger partial charge in [-0.15, -0.1) is 0 Å². The van der Waals surface area contributed by atoms with Crippen LogP contribution in [0.25, 0.3) is 10.8 Å². The number of hydrogen-bond donors (Lipinski definition) is 0. The normalized spacial score (nSPS) is 14.7. The molecule has 0 spiro atoms. The third-order valence-electron chi connectivity index (χ3n) is 8.79. The molecule has 0 saturated carbocycles. The van der Waals surface area contributed by atoms with Crippen molar-refractivity contribution in [3.63, 3.8) is 0 Å². The summed E-state index contributed by atoms with van der Waals surface area (Å²) < 4.78 is 0. The molecule has 1 aliphatic rings. The Morgan fingerprint density at radius 3 is 1.62 bits per heavy atom. The topological polar surface area (TPSA) is 24.7 Å². The summed E-state index contributed by atoms with van der Waals surface area (Å²) in [5.74, 6) is 0. The van der Waals surface area contributed by atoms with Crippen LogP contribution in [0.2, 0.25) is 0 Å². The van der Waals surface area contributed by atoms with Gasteiger partial charge >= 0.3 is 33.3 Å². The first-order chi connectivity index (χ1) is 22.5. The van der Waals surface area contributed by atoms with Gasteiger partial charge in [-0.1, -0.05) is 126 Å². The zero-order valence-electron chi connectivity index (χ0n) is 28.3. The van der Waals surface area contributed by atoms with Crippen molar-refractivity contribution in [2.75, 3.05) is 12.7 Å². The van der Waals surface area contributed by atoms with Crippen LogP contribution in [0.5, 0.6) is 0 Å². The van der Waals surface area contributed by atoms with Gasteiger partial charge in [0.1, 0.15) is 0 Å². The monoisotopic (exact) mass is 721 g/mol. The van der Waals surface area contributed by atoms with E-state index in [1.807, 2.05) is 0 Å². The van der Waals surface area contributed by atoms with Gasteiger partial charge in [-0.05, 0) is 64.1 Å². The Kier molecular flexibility index (Phi) is 11.5. The number of rotatable bonds is 6. The quantitative estimate of drug-likeness (QED) is 0.123. The van der Waals surface area contributed by atoms with Crippen molar-refractivity contribution in [3.05, 3.63) is 137 Å². The molecule has 2 nitrogen and oxygen atoms in total. The van der Waals surface area contributed by atoms with Crippen molar-refractivity contribution < 1.29 is 13.1 Å². The average Bonchev–Trinajstić information content (AvgIpc) is 3.34. The fourth-order valence-corrected chi connectivity index (χ4v) is 9.09. The summed E-state index contributed by atoms with van der Waals surface area (Å²) in [6.07, 6.45) is 1.02. The van der Waals surface area contributed by atoms with Crippen LogP contribution in [0.1, 0.15) is 69.4 Å². The molecule has 0 aliphatic heterocycles. The van der Waals surface area contributed by atoms with E-state index in [9.17, 15) is 0 Å². The predicted molar refractivity (Wildman–Crippen MR) is 207 cm³/mol. The standard InChI is InChI=1S/C41H43N2P.2ClH.Fe/c1-28-34(40(2,3)4)24-25-35(41(5,6)7)37(28)43-39-33-23-15-17-29-16-14-22-32(36(29)33)38(39)42-26-27-44(30-18-10-8-11-19-30)31-20-12-9-13-21-31;;;/h8-25H,26-27H2,1-7H3;2*1H;/q;;;+2/p-1. The van der Waals surface area contributed by atoms with Crippen molar-refractivity contribution in [3.8, 4) is 0 Å². The summed E-state index contributed by atoms with van der Waals surface area (Å²) in [6, 6.07) is 39.8. The van der Waals surface area contributed by atoms with E-state index in [0.29, 0.717) is 0 Å². The maximum absolute atomic E-state index is 5.63. The first-order valence-electron chi connectivity index (χ1n) is 16.1. The van der Waals surface area contributed by atoms with Gasteiger partial charge in [0.2, 0.25) is 0 Å². The van der Waals surface area contributed by atoms with Gasteiger partial charge < -0.3 is 0 Å². The van der Waals surface area contributed by atoms with Crippen LogP contribution >= 0.6 is 28.1 Å². The van der Waals surface area contributed by atoms with Gasteiger partial charge in [0.15, 0.2) is 0 Å². The minimum atomic E-state index is -0.986. The zero-order chi connectivity index (χ0) is 33.8. The molecule has 0 fully saturated rings. The van der Waals surface area contributed by atoms with Crippen molar-refractivity contribution in [2.24, 2.45) is 9.98 Å². The summed E-state index contributed by atoms with van der Waals surface area (Å²) in [5, 5.41) is 5.37. The van der Waals surface area contributed by atoms with E-state index in [1.165, 1.54) is 49.2 Å². The van der Waals surface area contributed by atoms with Gasteiger partial charge in [0.05, 0.1) is 48.3 Å². The van der Waals surface area contributed by atoms with Crippen molar-refractivity contribution in [2.45, 2.75) is 59.3 Å². The number of hydrogen-bond acceptors (Lipinski definition) is 2. The Bertz CT molecular complexity index is 1860. The molecule has 47 heavy (non-hydrogen) atoms. The third-order valence-corrected chi connectivity index (χ3v) is 11.6. The minimum absolute atomic E-state index is 0.0261. The second kappa shape index (κ2) is 15.2. The molecule has 0 amide bonds. The predicted octanol–water partition coefficient (Wildman–Crippen LogP) is 10.9. The maximum atomic E-state index is 5.63. The molecule has 5 aromatic carbocycles. The Morgan fingerprint density at radius 1 is 0.617 bits per heavy atom. The number of aliphatic imine (C=N–C) groups is 2. The van der Waals surface area contributed by atoms with E-state index in [-0.39, 0.29) is 24.0 Å². The molecular formula is C41H44Cl2FeN2P+. The zero-order valence-corrected chi connectivity index (χ0v) is 31.9. The van der Waals surface area contributed by atoms with E-state index in [4.69, 9.17) is 30.2 Å². The average molecular weight is 723 g/mol. The van der Waals surface area contributed by atoms with Crippen LogP contribution in [0.15, 0.2) is 119 Å². The molecule has 0 unspecified atom stereocenters. The van der Waals surface area contributed by atoms with Crippen molar-refractivity contribution in [1.82, 2.24) is 0 Å². The summed E-state index contributed by atoms with van der Waals surface area (Å²) in [6.45, 7) is 16.8. The molecule has 6 rings (SSSR count). The molecule has 244 valence electrons. The van der Waals surface area contributed by atoms with E-state index in [1.54, 1.807) is 0 Å². The number of nitrogens with zero attached hydrogens (tertiary/aromatic N) is 2. The second-order valence-corrected chi connectivity index (χ2v) is 18.5. The Morgan fingerprint density at radius 2 is 1.11 bits per heavy atom. The van der Waals surface area contributed by atoms with Gasteiger partial charge in [0.25, 0.3) is 0 Å². The molecule has 0 atom stereocenters. The Balaban J connectivity index is 0.00000139. The molecule has 6 heteroatoms. The summed E-state index contributed by atoms with van der Waals surface area (Å²) in [4.78, 5) is 11.1. The summed E-state index contributed by atoms with van der Waals surface area (Å²) in [5.41, 5.74) is 9.38. The Labute approximate surface area is 297 Å². The van der Waals surface area contributed by atoms with Gasteiger partial charge in [0, 0.05) is 16.5 Å². The molecule has 0 aromatic heterocycles. The van der Waals surface area contributed by atoms with Crippen LogP contribution in [0.3, 0.4) is 0 Å². The summed E-state index contributed by atoms with van der Waals surface area (Å²) in [7, 11) is 8.54. The molecule has 0 N–H and O–H groups in total. The van der Waals surface area contributed by atoms with E-state index in [0.717, 1.165) is 29.8 Å².